The van der Waals surface area contributed by atoms with Crippen molar-refractivity contribution in [3.05, 3.63) is 36.9 Å². The topological polar surface area (TPSA) is 58.3 Å². The normalized spacial score (nSPS) is 11.6. The SMILES string of the molecule is CCC(CC)(CO)CNc1ccc(-c2cnco2)cc1. The first kappa shape index (κ1) is 14.6. The third kappa shape index (κ3) is 3.20. The lowest BCUT2D eigenvalue weighted by atomic mass is 9.83. The van der Waals surface area contributed by atoms with Gasteiger partial charge in [0.1, 0.15) is 0 Å². The number of anilines is 1. The summed E-state index contributed by atoms with van der Waals surface area (Å²) in [6, 6.07) is 8.04. The van der Waals surface area contributed by atoms with E-state index in [1.54, 1.807) is 6.20 Å². The molecule has 0 atom stereocenters. The molecule has 2 aromatic rings. The molecule has 0 fully saturated rings. The molecule has 1 heterocycles. The predicted octanol–water partition coefficient (Wildman–Crippen LogP) is 3.55. The summed E-state index contributed by atoms with van der Waals surface area (Å²) < 4.78 is 5.26. The molecule has 0 saturated heterocycles. The Bertz CT molecular complexity index is 494. The minimum atomic E-state index is -0.0381. The fourth-order valence-corrected chi connectivity index (χ4v) is 2.18. The summed E-state index contributed by atoms with van der Waals surface area (Å²) in [7, 11) is 0. The van der Waals surface area contributed by atoms with Gasteiger partial charge in [0.05, 0.1) is 12.8 Å². The van der Waals surface area contributed by atoms with Crippen molar-refractivity contribution < 1.29 is 9.52 Å². The average Bonchev–Trinajstić information content (AvgIpc) is 3.04. The van der Waals surface area contributed by atoms with Gasteiger partial charge < -0.3 is 14.8 Å². The maximum atomic E-state index is 9.56. The van der Waals surface area contributed by atoms with Crippen LogP contribution in [0, 0.1) is 5.41 Å². The highest BCUT2D eigenvalue weighted by molar-refractivity contribution is 5.60. The number of aliphatic hydroxyl groups excluding tert-OH is 1. The summed E-state index contributed by atoms with van der Waals surface area (Å²) in [5, 5.41) is 13.0. The second kappa shape index (κ2) is 6.57. The summed E-state index contributed by atoms with van der Waals surface area (Å²) in [6.07, 6.45) is 5.05. The van der Waals surface area contributed by atoms with Crippen molar-refractivity contribution in [2.45, 2.75) is 26.7 Å². The fourth-order valence-electron chi connectivity index (χ4n) is 2.18. The molecule has 108 valence electrons. The van der Waals surface area contributed by atoms with Crippen LogP contribution in [0.1, 0.15) is 26.7 Å². The second-order valence-corrected chi connectivity index (χ2v) is 5.16. The van der Waals surface area contributed by atoms with Crippen LogP contribution in [-0.4, -0.2) is 23.2 Å². The fraction of sp³-hybridized carbons (Fsp3) is 0.438. The summed E-state index contributed by atoms with van der Waals surface area (Å²) in [6.45, 7) is 5.23. The van der Waals surface area contributed by atoms with Crippen molar-refractivity contribution >= 4 is 5.69 Å². The van der Waals surface area contributed by atoms with Gasteiger partial charge in [-0.3, -0.25) is 0 Å². The number of benzene rings is 1. The van der Waals surface area contributed by atoms with Crippen LogP contribution >= 0.6 is 0 Å². The molecule has 0 aliphatic carbocycles. The van der Waals surface area contributed by atoms with Crippen LogP contribution in [0.5, 0.6) is 0 Å². The molecule has 0 radical (unpaired) electrons. The van der Waals surface area contributed by atoms with E-state index in [9.17, 15) is 5.11 Å². The molecule has 0 bridgehead atoms. The smallest absolute Gasteiger partial charge is 0.181 e. The first-order chi connectivity index (χ1) is 9.73. The number of nitrogens with zero attached hydrogens (tertiary/aromatic N) is 1. The van der Waals surface area contributed by atoms with Gasteiger partial charge in [-0.1, -0.05) is 13.8 Å². The summed E-state index contributed by atoms with van der Waals surface area (Å²) in [4.78, 5) is 3.91. The van der Waals surface area contributed by atoms with Gasteiger partial charge in [-0.25, -0.2) is 4.98 Å². The molecule has 0 aliphatic heterocycles. The quantitative estimate of drug-likeness (QED) is 0.810. The molecule has 0 unspecified atom stereocenters. The van der Waals surface area contributed by atoms with Crippen LogP contribution in [-0.2, 0) is 0 Å². The number of aliphatic hydroxyl groups is 1. The molecule has 2 rings (SSSR count). The number of nitrogens with one attached hydrogen (secondary N) is 1. The molecule has 4 heteroatoms. The van der Waals surface area contributed by atoms with E-state index in [-0.39, 0.29) is 12.0 Å². The van der Waals surface area contributed by atoms with E-state index in [4.69, 9.17) is 4.42 Å². The number of rotatable bonds is 7. The summed E-state index contributed by atoms with van der Waals surface area (Å²) >= 11 is 0. The van der Waals surface area contributed by atoms with Crippen LogP contribution in [0.3, 0.4) is 0 Å². The van der Waals surface area contributed by atoms with Crippen molar-refractivity contribution in [3.63, 3.8) is 0 Å². The first-order valence-corrected chi connectivity index (χ1v) is 7.06. The zero-order valence-electron chi connectivity index (χ0n) is 12.1. The van der Waals surface area contributed by atoms with Gasteiger partial charge in [-0.15, -0.1) is 0 Å². The van der Waals surface area contributed by atoms with E-state index >= 15 is 0 Å². The molecule has 0 aliphatic rings. The van der Waals surface area contributed by atoms with Gasteiger partial charge in [0.25, 0.3) is 0 Å². The largest absolute Gasteiger partial charge is 0.444 e. The zero-order valence-corrected chi connectivity index (χ0v) is 12.1. The maximum Gasteiger partial charge on any atom is 0.181 e. The van der Waals surface area contributed by atoms with Gasteiger partial charge in [-0.2, -0.15) is 0 Å². The predicted molar refractivity (Wildman–Crippen MR) is 80.5 cm³/mol. The molecule has 2 N–H and O–H groups in total. The third-order valence-corrected chi connectivity index (χ3v) is 4.10. The molecular weight excluding hydrogens is 252 g/mol. The Morgan fingerprint density at radius 1 is 1.20 bits per heavy atom. The Kier molecular flexibility index (Phi) is 4.79. The first-order valence-electron chi connectivity index (χ1n) is 7.06. The van der Waals surface area contributed by atoms with E-state index in [0.29, 0.717) is 0 Å². The summed E-state index contributed by atoms with van der Waals surface area (Å²) in [5.74, 6) is 0.767. The standard InChI is InChI=1S/C16H22N2O2/c1-3-16(4-2,11-19)10-18-14-7-5-13(6-8-14)15-9-17-12-20-15/h5-9,12,18-19H,3-4,10-11H2,1-2H3. The van der Waals surface area contributed by atoms with Gasteiger partial charge in [0.2, 0.25) is 0 Å². The van der Waals surface area contributed by atoms with E-state index in [1.165, 1.54) is 6.39 Å². The lowest BCUT2D eigenvalue weighted by Gasteiger charge is -2.30. The van der Waals surface area contributed by atoms with Crippen LogP contribution < -0.4 is 5.32 Å². The maximum absolute atomic E-state index is 9.56. The number of hydrogen-bond donors (Lipinski definition) is 2. The molecule has 1 aromatic heterocycles. The monoisotopic (exact) mass is 274 g/mol. The zero-order chi connectivity index (χ0) is 14.4. The van der Waals surface area contributed by atoms with Crippen molar-refractivity contribution in [3.8, 4) is 11.3 Å². The minimum Gasteiger partial charge on any atom is -0.444 e. The molecule has 4 nitrogen and oxygen atoms in total. The highest BCUT2D eigenvalue weighted by Gasteiger charge is 2.24. The summed E-state index contributed by atoms with van der Waals surface area (Å²) in [5.41, 5.74) is 2.02. The van der Waals surface area contributed by atoms with Crippen LogP contribution in [0.2, 0.25) is 0 Å². The van der Waals surface area contributed by atoms with E-state index < -0.39 is 0 Å². The van der Waals surface area contributed by atoms with Crippen LogP contribution in [0.15, 0.2) is 41.3 Å². The Morgan fingerprint density at radius 3 is 2.40 bits per heavy atom. The second-order valence-electron chi connectivity index (χ2n) is 5.16. The van der Waals surface area contributed by atoms with E-state index in [0.717, 1.165) is 36.4 Å². The lowest BCUT2D eigenvalue weighted by Crippen LogP contribution is -2.32. The minimum absolute atomic E-state index is 0.0381. The lowest BCUT2D eigenvalue weighted by molar-refractivity contribution is 0.127. The van der Waals surface area contributed by atoms with E-state index in [2.05, 4.69) is 24.1 Å². The van der Waals surface area contributed by atoms with Crippen molar-refractivity contribution in [1.82, 2.24) is 4.98 Å². The highest BCUT2D eigenvalue weighted by atomic mass is 16.3. The van der Waals surface area contributed by atoms with Gasteiger partial charge >= 0.3 is 0 Å². The number of hydrogen-bond acceptors (Lipinski definition) is 4. The molecule has 20 heavy (non-hydrogen) atoms. The van der Waals surface area contributed by atoms with Crippen LogP contribution in [0.4, 0.5) is 5.69 Å². The van der Waals surface area contributed by atoms with Crippen molar-refractivity contribution in [2.24, 2.45) is 5.41 Å². The number of oxazole rings is 1. The average molecular weight is 274 g/mol. The third-order valence-electron chi connectivity index (χ3n) is 4.10. The molecule has 0 saturated carbocycles. The Hall–Kier alpha value is -1.81. The highest BCUT2D eigenvalue weighted by Crippen LogP contribution is 2.27. The Balaban J connectivity index is 2.01. The Labute approximate surface area is 119 Å². The van der Waals surface area contributed by atoms with Crippen molar-refractivity contribution in [2.75, 3.05) is 18.5 Å². The Morgan fingerprint density at radius 2 is 1.90 bits per heavy atom. The van der Waals surface area contributed by atoms with Crippen molar-refractivity contribution in [1.29, 1.82) is 0 Å². The molecular formula is C16H22N2O2. The molecule has 0 amide bonds. The van der Waals surface area contributed by atoms with Gasteiger partial charge in [-0.05, 0) is 37.1 Å². The molecule has 0 spiro atoms. The van der Waals surface area contributed by atoms with Crippen LogP contribution in [0.25, 0.3) is 11.3 Å². The van der Waals surface area contributed by atoms with Gasteiger partial charge in [0.15, 0.2) is 12.2 Å². The van der Waals surface area contributed by atoms with E-state index in [1.807, 2.05) is 24.3 Å². The number of aromatic nitrogens is 1. The molecule has 1 aromatic carbocycles. The van der Waals surface area contributed by atoms with Gasteiger partial charge in [0, 0.05) is 23.2 Å².